The van der Waals surface area contributed by atoms with E-state index < -0.39 is 0 Å². The summed E-state index contributed by atoms with van der Waals surface area (Å²) in [6, 6.07) is 31.6. The molecule has 3 aromatic heterocycles. The maximum atomic E-state index is 4.75. The van der Waals surface area contributed by atoms with Gasteiger partial charge in [0.1, 0.15) is 0 Å². The van der Waals surface area contributed by atoms with E-state index in [0.717, 1.165) is 44.2 Å². The number of benzene rings is 3. The molecule has 3 nitrogen and oxygen atoms in total. The molecule has 6 aromatic rings. The van der Waals surface area contributed by atoms with Crippen LogP contribution in [0, 0.1) is 3.57 Å². The van der Waals surface area contributed by atoms with Crippen LogP contribution in [0.3, 0.4) is 0 Å². The normalized spacial score (nSPS) is 11.2. The van der Waals surface area contributed by atoms with Crippen LogP contribution in [-0.2, 0) is 0 Å². The summed E-state index contributed by atoms with van der Waals surface area (Å²) in [7, 11) is 0. The van der Waals surface area contributed by atoms with Crippen molar-refractivity contribution in [3.8, 4) is 33.5 Å². The predicted octanol–water partition coefficient (Wildman–Crippen LogP) is 7.78. The first-order valence-corrected chi connectivity index (χ1v) is 11.8. The van der Waals surface area contributed by atoms with Gasteiger partial charge in [-0.2, -0.15) is 0 Å². The third-order valence-corrected chi connectivity index (χ3v) is 6.59. The summed E-state index contributed by atoms with van der Waals surface area (Å²) in [5.41, 5.74) is 8.39. The van der Waals surface area contributed by atoms with Crippen molar-refractivity contribution in [2.24, 2.45) is 0 Å². The highest BCUT2D eigenvalue weighted by Gasteiger charge is 2.08. The molecule has 33 heavy (non-hydrogen) atoms. The molecular weight excluding hydrogens is 517 g/mol. The van der Waals surface area contributed by atoms with Gasteiger partial charge in [-0.3, -0.25) is 15.0 Å². The molecule has 4 heteroatoms. The lowest BCUT2D eigenvalue weighted by Gasteiger charge is -2.08. The van der Waals surface area contributed by atoms with Crippen molar-refractivity contribution in [2.45, 2.75) is 0 Å². The number of fused-ring (bicyclic) bond motifs is 2. The van der Waals surface area contributed by atoms with Gasteiger partial charge in [0.05, 0.1) is 16.7 Å². The number of hydrogen-bond donors (Lipinski definition) is 0. The quantitative estimate of drug-likeness (QED) is 0.217. The average molecular weight is 535 g/mol. The van der Waals surface area contributed by atoms with E-state index in [1.807, 2.05) is 30.7 Å². The van der Waals surface area contributed by atoms with Crippen molar-refractivity contribution in [2.75, 3.05) is 0 Å². The molecule has 0 saturated carbocycles. The van der Waals surface area contributed by atoms with Crippen LogP contribution in [0.15, 0.2) is 110 Å². The van der Waals surface area contributed by atoms with E-state index in [2.05, 4.69) is 106 Å². The van der Waals surface area contributed by atoms with Gasteiger partial charge in [0.25, 0.3) is 0 Å². The van der Waals surface area contributed by atoms with Crippen molar-refractivity contribution in [1.29, 1.82) is 0 Å². The van der Waals surface area contributed by atoms with E-state index in [1.54, 1.807) is 0 Å². The molecule has 156 valence electrons. The Bertz CT molecular complexity index is 1600. The Hall–Kier alpha value is -3.64. The second-order valence-electron chi connectivity index (χ2n) is 7.95. The smallest absolute Gasteiger partial charge is 0.0795 e. The first-order chi connectivity index (χ1) is 16.2. The van der Waals surface area contributed by atoms with Crippen LogP contribution < -0.4 is 0 Å². The first kappa shape index (κ1) is 20.0. The highest BCUT2D eigenvalue weighted by molar-refractivity contribution is 14.1. The van der Waals surface area contributed by atoms with E-state index in [1.165, 1.54) is 14.7 Å². The van der Waals surface area contributed by atoms with Crippen molar-refractivity contribution < 1.29 is 0 Å². The molecule has 0 aliphatic rings. The molecule has 0 radical (unpaired) electrons. The third-order valence-electron chi connectivity index (χ3n) is 5.87. The zero-order valence-corrected chi connectivity index (χ0v) is 19.8. The number of halogens is 1. The summed E-state index contributed by atoms with van der Waals surface area (Å²) in [6.07, 6.45) is 5.67. The monoisotopic (exact) mass is 535 g/mol. The summed E-state index contributed by atoms with van der Waals surface area (Å²) >= 11 is 2.33. The minimum atomic E-state index is 0.916. The summed E-state index contributed by atoms with van der Waals surface area (Å²) in [5, 5.41) is 2.23. The Kier molecular flexibility index (Phi) is 5.07. The second-order valence-corrected chi connectivity index (χ2v) is 9.20. The fraction of sp³-hybridized carbons (Fsp3) is 0. The lowest BCUT2D eigenvalue weighted by molar-refractivity contribution is 1.31. The van der Waals surface area contributed by atoms with Crippen LogP contribution in [0.25, 0.3) is 55.3 Å². The number of rotatable bonds is 3. The van der Waals surface area contributed by atoms with Gasteiger partial charge in [0.15, 0.2) is 0 Å². The second kappa shape index (κ2) is 8.37. The number of nitrogens with zero attached hydrogens (tertiary/aromatic N) is 3. The molecule has 0 bridgehead atoms. The SMILES string of the molecule is Ic1ccc(-c2ccc3cc(-c4ccc(-c5cccc6cccnc56)nc4)cnc3c2)cc1. The van der Waals surface area contributed by atoms with E-state index >= 15 is 0 Å². The maximum absolute atomic E-state index is 4.75. The molecule has 0 N–H and O–H groups in total. The fourth-order valence-electron chi connectivity index (χ4n) is 4.14. The van der Waals surface area contributed by atoms with Gasteiger partial charge in [-0.05, 0) is 70.1 Å². The van der Waals surface area contributed by atoms with Gasteiger partial charge in [-0.15, -0.1) is 0 Å². The number of pyridine rings is 3. The largest absolute Gasteiger partial charge is 0.256 e. The van der Waals surface area contributed by atoms with Crippen molar-refractivity contribution in [3.05, 3.63) is 113 Å². The van der Waals surface area contributed by atoms with Crippen LogP contribution >= 0.6 is 22.6 Å². The van der Waals surface area contributed by atoms with Gasteiger partial charge < -0.3 is 0 Å². The van der Waals surface area contributed by atoms with E-state index in [0.29, 0.717) is 0 Å². The van der Waals surface area contributed by atoms with Crippen LogP contribution in [0.2, 0.25) is 0 Å². The molecule has 0 fully saturated rings. The molecule has 6 rings (SSSR count). The standard InChI is InChI=1S/C29H18IN3/c30-25-11-8-19(9-12-25)21-6-7-22-15-24(18-33-28(22)16-21)23-10-13-27(32-17-23)26-5-1-3-20-4-2-14-31-29(20)26/h1-18H. The van der Waals surface area contributed by atoms with Gasteiger partial charge in [0.2, 0.25) is 0 Å². The molecular formula is C29H18IN3. The Morgan fingerprint density at radius 1 is 0.545 bits per heavy atom. The van der Waals surface area contributed by atoms with E-state index in [4.69, 9.17) is 9.97 Å². The number of aromatic nitrogens is 3. The van der Waals surface area contributed by atoms with Crippen molar-refractivity contribution in [3.63, 3.8) is 0 Å². The topological polar surface area (TPSA) is 38.7 Å². The lowest BCUT2D eigenvalue weighted by atomic mass is 10.0. The number of hydrogen-bond acceptors (Lipinski definition) is 3. The zero-order chi connectivity index (χ0) is 22.2. The molecule has 0 unspecified atom stereocenters. The van der Waals surface area contributed by atoms with Crippen LogP contribution in [0.1, 0.15) is 0 Å². The Balaban J connectivity index is 1.33. The van der Waals surface area contributed by atoms with Crippen molar-refractivity contribution in [1.82, 2.24) is 15.0 Å². The molecule has 0 amide bonds. The Morgan fingerprint density at radius 3 is 2.18 bits per heavy atom. The summed E-state index contributed by atoms with van der Waals surface area (Å²) < 4.78 is 1.23. The van der Waals surface area contributed by atoms with Gasteiger partial charge >= 0.3 is 0 Å². The lowest BCUT2D eigenvalue weighted by Crippen LogP contribution is -1.89. The highest BCUT2D eigenvalue weighted by atomic mass is 127. The Morgan fingerprint density at radius 2 is 1.33 bits per heavy atom. The summed E-state index contributed by atoms with van der Waals surface area (Å²) in [5.74, 6) is 0. The predicted molar refractivity (Wildman–Crippen MR) is 144 cm³/mol. The van der Waals surface area contributed by atoms with Crippen LogP contribution in [0.4, 0.5) is 0 Å². The molecule has 0 saturated heterocycles. The third kappa shape index (κ3) is 3.87. The minimum absolute atomic E-state index is 0.916. The average Bonchev–Trinajstić information content (AvgIpc) is 2.88. The molecule has 3 aromatic carbocycles. The minimum Gasteiger partial charge on any atom is -0.256 e. The van der Waals surface area contributed by atoms with E-state index in [-0.39, 0.29) is 0 Å². The molecule has 0 aliphatic carbocycles. The van der Waals surface area contributed by atoms with Gasteiger partial charge in [-0.25, -0.2) is 0 Å². The maximum Gasteiger partial charge on any atom is 0.0795 e. The van der Waals surface area contributed by atoms with Crippen LogP contribution in [0.5, 0.6) is 0 Å². The molecule has 0 aliphatic heterocycles. The zero-order valence-electron chi connectivity index (χ0n) is 17.6. The van der Waals surface area contributed by atoms with Crippen molar-refractivity contribution >= 4 is 44.4 Å². The van der Waals surface area contributed by atoms with Gasteiger partial charge in [-0.1, -0.05) is 54.6 Å². The Labute approximate surface area is 205 Å². The number of para-hydroxylation sites is 1. The van der Waals surface area contributed by atoms with Gasteiger partial charge in [0, 0.05) is 49.6 Å². The molecule has 0 spiro atoms. The first-order valence-electron chi connectivity index (χ1n) is 10.7. The van der Waals surface area contributed by atoms with Crippen LogP contribution in [-0.4, -0.2) is 15.0 Å². The summed E-state index contributed by atoms with van der Waals surface area (Å²) in [6.45, 7) is 0. The highest BCUT2D eigenvalue weighted by Crippen LogP contribution is 2.29. The van der Waals surface area contributed by atoms with E-state index in [9.17, 15) is 0 Å². The molecule has 0 atom stereocenters. The fourth-order valence-corrected chi connectivity index (χ4v) is 4.50. The summed E-state index contributed by atoms with van der Waals surface area (Å²) in [4.78, 5) is 14.0. The molecule has 3 heterocycles.